The van der Waals surface area contributed by atoms with Gasteiger partial charge in [0.25, 0.3) is 0 Å². The van der Waals surface area contributed by atoms with Crippen LogP contribution in [0.15, 0.2) is 0 Å². The number of likely N-dealkylation sites (tertiary alicyclic amines) is 1. The molecule has 2 heteroatoms. The maximum atomic E-state index is 3.70. The maximum Gasteiger partial charge on any atom is 0.0280 e. The van der Waals surface area contributed by atoms with Gasteiger partial charge < -0.3 is 10.2 Å². The van der Waals surface area contributed by atoms with E-state index in [1.165, 1.54) is 77.5 Å². The number of nitrogens with one attached hydrogen (secondary N) is 1. The van der Waals surface area contributed by atoms with Gasteiger partial charge in [0, 0.05) is 12.1 Å². The van der Waals surface area contributed by atoms with Gasteiger partial charge in [0.2, 0.25) is 0 Å². The lowest BCUT2D eigenvalue weighted by Crippen LogP contribution is -2.50. The van der Waals surface area contributed by atoms with Crippen LogP contribution in [0.3, 0.4) is 0 Å². The molecule has 0 radical (unpaired) electrons. The minimum atomic E-state index is 0.417. The van der Waals surface area contributed by atoms with Crippen molar-refractivity contribution >= 4 is 0 Å². The van der Waals surface area contributed by atoms with Gasteiger partial charge in [-0.15, -0.1) is 0 Å². The van der Waals surface area contributed by atoms with Crippen LogP contribution in [0.25, 0.3) is 0 Å². The Hall–Kier alpha value is -0.0800. The first-order chi connectivity index (χ1) is 8.20. The van der Waals surface area contributed by atoms with E-state index < -0.39 is 0 Å². The van der Waals surface area contributed by atoms with Crippen LogP contribution in [0.5, 0.6) is 0 Å². The zero-order valence-corrected chi connectivity index (χ0v) is 11.4. The summed E-state index contributed by atoms with van der Waals surface area (Å²) in [6, 6.07) is 0. The van der Waals surface area contributed by atoms with Crippen LogP contribution < -0.4 is 5.32 Å². The first-order valence-corrected chi connectivity index (χ1v) is 7.67. The van der Waals surface area contributed by atoms with E-state index in [2.05, 4.69) is 17.1 Å². The van der Waals surface area contributed by atoms with Crippen molar-refractivity contribution in [1.29, 1.82) is 0 Å². The lowest BCUT2D eigenvalue weighted by Gasteiger charge is -2.42. The zero-order valence-electron chi connectivity index (χ0n) is 11.4. The van der Waals surface area contributed by atoms with Crippen LogP contribution >= 0.6 is 0 Å². The molecule has 0 bridgehead atoms. The van der Waals surface area contributed by atoms with Gasteiger partial charge in [0.15, 0.2) is 0 Å². The van der Waals surface area contributed by atoms with E-state index in [1.807, 2.05) is 0 Å². The van der Waals surface area contributed by atoms with E-state index >= 15 is 0 Å². The summed E-state index contributed by atoms with van der Waals surface area (Å²) in [5, 5.41) is 3.70. The standard InChI is InChI=1S/C15H28N2/c1-14(5-4-10-16-14)13-17-11-8-15(9-12-17)6-2-3-7-15/h16H,2-13H2,1H3. The molecule has 17 heavy (non-hydrogen) atoms. The highest BCUT2D eigenvalue weighted by Crippen LogP contribution is 2.46. The summed E-state index contributed by atoms with van der Waals surface area (Å²) in [5.74, 6) is 0. The van der Waals surface area contributed by atoms with Crippen LogP contribution in [0, 0.1) is 5.41 Å². The monoisotopic (exact) mass is 236 g/mol. The Morgan fingerprint density at radius 3 is 2.24 bits per heavy atom. The van der Waals surface area contributed by atoms with Crippen LogP contribution in [-0.4, -0.2) is 36.6 Å². The molecule has 98 valence electrons. The summed E-state index contributed by atoms with van der Waals surface area (Å²) < 4.78 is 0. The smallest absolute Gasteiger partial charge is 0.0280 e. The van der Waals surface area contributed by atoms with Crippen molar-refractivity contribution in [2.24, 2.45) is 5.41 Å². The van der Waals surface area contributed by atoms with E-state index in [9.17, 15) is 0 Å². The van der Waals surface area contributed by atoms with Gasteiger partial charge in [-0.05, 0) is 70.5 Å². The van der Waals surface area contributed by atoms with E-state index in [0.717, 1.165) is 5.41 Å². The number of hydrogen-bond donors (Lipinski definition) is 1. The molecule has 1 N–H and O–H groups in total. The fourth-order valence-electron chi connectivity index (χ4n) is 4.40. The molecule has 1 unspecified atom stereocenters. The molecule has 1 saturated carbocycles. The number of nitrogens with zero attached hydrogens (tertiary/aromatic N) is 1. The minimum absolute atomic E-state index is 0.417. The number of piperidine rings is 1. The highest BCUT2D eigenvalue weighted by Gasteiger charge is 2.38. The Morgan fingerprint density at radius 1 is 0.941 bits per heavy atom. The first-order valence-electron chi connectivity index (χ1n) is 7.67. The zero-order chi connectivity index (χ0) is 11.8. The van der Waals surface area contributed by atoms with Gasteiger partial charge in [-0.1, -0.05) is 12.8 Å². The molecule has 2 heterocycles. The Kier molecular flexibility index (Phi) is 3.20. The molecule has 0 amide bonds. The van der Waals surface area contributed by atoms with Gasteiger partial charge in [-0.25, -0.2) is 0 Å². The summed E-state index contributed by atoms with van der Waals surface area (Å²) in [4.78, 5) is 2.72. The van der Waals surface area contributed by atoms with Crippen LogP contribution in [0.4, 0.5) is 0 Å². The molecule has 2 nitrogen and oxygen atoms in total. The SMILES string of the molecule is CC1(CN2CCC3(CCCC3)CC2)CCCN1. The van der Waals surface area contributed by atoms with Crippen LogP contribution in [0.1, 0.15) is 58.3 Å². The molecule has 0 aromatic rings. The average Bonchev–Trinajstić information content (AvgIpc) is 2.93. The van der Waals surface area contributed by atoms with Crippen molar-refractivity contribution in [3.8, 4) is 0 Å². The van der Waals surface area contributed by atoms with Gasteiger partial charge >= 0.3 is 0 Å². The van der Waals surface area contributed by atoms with Crippen molar-refractivity contribution in [1.82, 2.24) is 10.2 Å². The Bertz CT molecular complexity index is 252. The van der Waals surface area contributed by atoms with Gasteiger partial charge in [-0.3, -0.25) is 0 Å². The van der Waals surface area contributed by atoms with Crippen molar-refractivity contribution in [3.63, 3.8) is 0 Å². The topological polar surface area (TPSA) is 15.3 Å². The molecule has 0 aromatic heterocycles. The highest BCUT2D eigenvalue weighted by atomic mass is 15.2. The Balaban J connectivity index is 1.51. The molecule has 3 aliphatic rings. The molecule has 0 aromatic carbocycles. The third-order valence-corrected chi connectivity index (χ3v) is 5.61. The predicted molar refractivity (Wildman–Crippen MR) is 72.2 cm³/mol. The van der Waals surface area contributed by atoms with Gasteiger partial charge in [0.05, 0.1) is 0 Å². The van der Waals surface area contributed by atoms with Crippen molar-refractivity contribution in [2.75, 3.05) is 26.2 Å². The Morgan fingerprint density at radius 2 is 1.65 bits per heavy atom. The summed E-state index contributed by atoms with van der Waals surface area (Å²) in [6.45, 7) is 7.64. The molecule has 2 saturated heterocycles. The molecule has 2 aliphatic heterocycles. The second kappa shape index (κ2) is 4.55. The van der Waals surface area contributed by atoms with E-state index in [-0.39, 0.29) is 0 Å². The Labute approximate surface area is 106 Å². The summed E-state index contributed by atoms with van der Waals surface area (Å²) in [5.41, 5.74) is 1.20. The molecule has 1 atom stereocenters. The second-order valence-electron chi connectivity index (χ2n) is 7.07. The van der Waals surface area contributed by atoms with E-state index in [0.29, 0.717) is 5.54 Å². The summed E-state index contributed by atoms with van der Waals surface area (Å²) >= 11 is 0. The third-order valence-electron chi connectivity index (χ3n) is 5.61. The molecule has 3 fully saturated rings. The lowest BCUT2D eigenvalue weighted by molar-refractivity contribution is 0.0886. The predicted octanol–water partition coefficient (Wildman–Crippen LogP) is 2.78. The van der Waals surface area contributed by atoms with Crippen LogP contribution in [-0.2, 0) is 0 Å². The summed E-state index contributed by atoms with van der Waals surface area (Å²) in [7, 11) is 0. The largest absolute Gasteiger partial charge is 0.310 e. The fourth-order valence-corrected chi connectivity index (χ4v) is 4.40. The minimum Gasteiger partial charge on any atom is -0.310 e. The number of rotatable bonds is 2. The normalized spacial score (nSPS) is 37.9. The highest BCUT2D eigenvalue weighted by molar-refractivity contribution is 4.95. The van der Waals surface area contributed by atoms with Gasteiger partial charge in [-0.2, -0.15) is 0 Å². The molecule has 1 aliphatic carbocycles. The molecular formula is C15H28N2. The maximum absolute atomic E-state index is 3.70. The van der Waals surface area contributed by atoms with Crippen molar-refractivity contribution in [3.05, 3.63) is 0 Å². The van der Waals surface area contributed by atoms with Crippen molar-refractivity contribution in [2.45, 2.75) is 63.8 Å². The first kappa shape index (κ1) is 12.0. The van der Waals surface area contributed by atoms with Gasteiger partial charge in [0.1, 0.15) is 0 Å². The van der Waals surface area contributed by atoms with Crippen molar-refractivity contribution < 1.29 is 0 Å². The number of hydrogen-bond acceptors (Lipinski definition) is 2. The fraction of sp³-hybridized carbons (Fsp3) is 1.00. The van der Waals surface area contributed by atoms with Crippen LogP contribution in [0.2, 0.25) is 0 Å². The lowest BCUT2D eigenvalue weighted by atomic mass is 9.77. The molecular weight excluding hydrogens is 208 g/mol. The van der Waals surface area contributed by atoms with E-state index in [4.69, 9.17) is 0 Å². The average molecular weight is 236 g/mol. The molecule has 3 rings (SSSR count). The quantitative estimate of drug-likeness (QED) is 0.793. The second-order valence-corrected chi connectivity index (χ2v) is 7.07. The van der Waals surface area contributed by atoms with E-state index in [1.54, 1.807) is 0 Å². The third kappa shape index (κ3) is 2.53. The molecule has 1 spiro atoms. The summed E-state index contributed by atoms with van der Waals surface area (Å²) in [6.07, 6.45) is 11.7.